The van der Waals surface area contributed by atoms with Crippen molar-refractivity contribution < 1.29 is 4.79 Å². The first-order chi connectivity index (χ1) is 8.95. The van der Waals surface area contributed by atoms with Crippen LogP contribution in [0.2, 0.25) is 5.02 Å². The van der Waals surface area contributed by atoms with E-state index in [1.54, 1.807) is 0 Å². The number of amides is 1. The summed E-state index contributed by atoms with van der Waals surface area (Å²) in [4.78, 5) is 12.1. The Kier molecular flexibility index (Phi) is 6.32. The predicted octanol–water partition coefficient (Wildman–Crippen LogP) is 3.01. The van der Waals surface area contributed by atoms with Crippen LogP contribution in [0.15, 0.2) is 24.3 Å². The Balaban J connectivity index is 2.79. The second-order valence-electron chi connectivity index (χ2n) is 5.24. The van der Waals surface area contributed by atoms with Crippen molar-refractivity contribution in [3.63, 3.8) is 0 Å². The van der Waals surface area contributed by atoms with Crippen molar-refractivity contribution in [3.05, 3.63) is 34.9 Å². The molecule has 3 nitrogen and oxygen atoms in total. The lowest BCUT2D eigenvalue weighted by Crippen LogP contribution is -2.38. The van der Waals surface area contributed by atoms with Gasteiger partial charge in [-0.2, -0.15) is 0 Å². The van der Waals surface area contributed by atoms with E-state index in [0.717, 1.165) is 5.56 Å². The lowest BCUT2D eigenvalue weighted by atomic mass is 9.95. The minimum absolute atomic E-state index is 0.0177. The molecule has 0 bridgehead atoms. The molecule has 0 aliphatic heterocycles. The summed E-state index contributed by atoms with van der Waals surface area (Å²) >= 11 is 5.90. The van der Waals surface area contributed by atoms with Crippen LogP contribution < -0.4 is 10.6 Å². The van der Waals surface area contributed by atoms with Gasteiger partial charge in [-0.1, -0.05) is 44.5 Å². The Labute approximate surface area is 120 Å². The van der Waals surface area contributed by atoms with E-state index >= 15 is 0 Å². The maximum Gasteiger partial charge on any atom is 0.224 e. The molecule has 0 aromatic heterocycles. The first-order valence-electron chi connectivity index (χ1n) is 6.66. The van der Waals surface area contributed by atoms with Crippen LogP contribution in [0.25, 0.3) is 0 Å². The standard InChI is InChI=1S/C15H23ClN2O/c1-10(2)14(12-5-7-13(16)8-6-12)18-15(19)11(3)9-17-4/h5-8,10-11,14,17H,9H2,1-4H3,(H,18,19). The number of hydrogen-bond acceptors (Lipinski definition) is 2. The van der Waals surface area contributed by atoms with E-state index in [1.807, 2.05) is 38.2 Å². The van der Waals surface area contributed by atoms with Crippen LogP contribution in [0.1, 0.15) is 32.4 Å². The summed E-state index contributed by atoms with van der Waals surface area (Å²) in [6.07, 6.45) is 0. The molecule has 1 rings (SSSR count). The van der Waals surface area contributed by atoms with Crippen molar-refractivity contribution in [2.45, 2.75) is 26.8 Å². The Hall–Kier alpha value is -1.06. The fraction of sp³-hybridized carbons (Fsp3) is 0.533. The van der Waals surface area contributed by atoms with Crippen LogP contribution in [0, 0.1) is 11.8 Å². The average molecular weight is 283 g/mol. The Morgan fingerprint density at radius 3 is 2.26 bits per heavy atom. The summed E-state index contributed by atoms with van der Waals surface area (Å²) in [7, 11) is 1.85. The van der Waals surface area contributed by atoms with Gasteiger partial charge < -0.3 is 10.6 Å². The third-order valence-electron chi connectivity index (χ3n) is 3.15. The van der Waals surface area contributed by atoms with Crippen LogP contribution in [-0.4, -0.2) is 19.5 Å². The van der Waals surface area contributed by atoms with Gasteiger partial charge in [-0.3, -0.25) is 4.79 Å². The molecule has 0 spiro atoms. The van der Waals surface area contributed by atoms with Crippen LogP contribution in [0.5, 0.6) is 0 Å². The van der Waals surface area contributed by atoms with Crippen molar-refractivity contribution in [2.75, 3.05) is 13.6 Å². The molecule has 0 aliphatic rings. The predicted molar refractivity (Wildman–Crippen MR) is 80.3 cm³/mol. The summed E-state index contributed by atoms with van der Waals surface area (Å²) in [6, 6.07) is 7.67. The second-order valence-corrected chi connectivity index (χ2v) is 5.68. The van der Waals surface area contributed by atoms with Crippen LogP contribution in [0.3, 0.4) is 0 Å². The second kappa shape index (κ2) is 7.51. The maximum atomic E-state index is 12.1. The molecular formula is C15H23ClN2O. The van der Waals surface area contributed by atoms with Crippen molar-refractivity contribution in [1.29, 1.82) is 0 Å². The van der Waals surface area contributed by atoms with Gasteiger partial charge in [0.05, 0.1) is 6.04 Å². The van der Waals surface area contributed by atoms with Crippen LogP contribution in [0.4, 0.5) is 0 Å². The molecule has 2 atom stereocenters. The van der Waals surface area contributed by atoms with Gasteiger partial charge in [-0.15, -0.1) is 0 Å². The third kappa shape index (κ3) is 4.84. The van der Waals surface area contributed by atoms with Gasteiger partial charge in [0.15, 0.2) is 0 Å². The van der Waals surface area contributed by atoms with Gasteiger partial charge in [0.1, 0.15) is 0 Å². The highest BCUT2D eigenvalue weighted by atomic mass is 35.5. The topological polar surface area (TPSA) is 41.1 Å². The Morgan fingerprint density at radius 2 is 1.79 bits per heavy atom. The van der Waals surface area contributed by atoms with Crippen molar-refractivity contribution in [1.82, 2.24) is 10.6 Å². The van der Waals surface area contributed by atoms with E-state index in [-0.39, 0.29) is 17.9 Å². The van der Waals surface area contributed by atoms with E-state index < -0.39 is 0 Å². The van der Waals surface area contributed by atoms with Crippen molar-refractivity contribution in [2.24, 2.45) is 11.8 Å². The SMILES string of the molecule is CNCC(C)C(=O)NC(c1ccc(Cl)cc1)C(C)C. The maximum absolute atomic E-state index is 12.1. The highest BCUT2D eigenvalue weighted by Gasteiger charge is 2.21. The molecule has 4 heteroatoms. The smallest absolute Gasteiger partial charge is 0.224 e. The fourth-order valence-electron chi connectivity index (χ4n) is 2.00. The molecule has 2 unspecified atom stereocenters. The zero-order chi connectivity index (χ0) is 14.4. The molecule has 0 heterocycles. The van der Waals surface area contributed by atoms with Gasteiger partial charge in [0.25, 0.3) is 0 Å². The largest absolute Gasteiger partial charge is 0.349 e. The molecule has 0 saturated carbocycles. The molecule has 106 valence electrons. The number of rotatable bonds is 6. The molecule has 0 aliphatic carbocycles. The van der Waals surface area contributed by atoms with Gasteiger partial charge in [0, 0.05) is 17.5 Å². The molecule has 1 aromatic rings. The summed E-state index contributed by atoms with van der Waals surface area (Å²) in [6.45, 7) is 6.80. The van der Waals surface area contributed by atoms with Crippen molar-refractivity contribution >= 4 is 17.5 Å². The van der Waals surface area contributed by atoms with Crippen LogP contribution in [-0.2, 0) is 4.79 Å². The number of benzene rings is 1. The minimum atomic E-state index is -0.0430. The lowest BCUT2D eigenvalue weighted by molar-refractivity contribution is -0.125. The summed E-state index contributed by atoms with van der Waals surface area (Å²) in [5.74, 6) is 0.355. The lowest BCUT2D eigenvalue weighted by Gasteiger charge is -2.24. The summed E-state index contributed by atoms with van der Waals surface area (Å²) in [5, 5.41) is 6.84. The first-order valence-corrected chi connectivity index (χ1v) is 7.04. The fourth-order valence-corrected chi connectivity index (χ4v) is 2.13. The van der Waals surface area contributed by atoms with Gasteiger partial charge >= 0.3 is 0 Å². The number of hydrogen-bond donors (Lipinski definition) is 2. The molecule has 0 saturated heterocycles. The van der Waals surface area contributed by atoms with E-state index in [9.17, 15) is 4.79 Å². The highest BCUT2D eigenvalue weighted by Crippen LogP contribution is 2.23. The first kappa shape index (κ1) is 16.0. The van der Waals surface area contributed by atoms with Crippen LogP contribution >= 0.6 is 11.6 Å². The number of nitrogens with one attached hydrogen (secondary N) is 2. The molecule has 0 fully saturated rings. The van der Waals surface area contributed by atoms with Gasteiger partial charge in [-0.25, -0.2) is 0 Å². The quantitative estimate of drug-likeness (QED) is 0.842. The molecule has 1 aromatic carbocycles. The Bertz CT molecular complexity index is 403. The summed E-state index contributed by atoms with van der Waals surface area (Å²) in [5.41, 5.74) is 1.09. The van der Waals surface area contributed by atoms with E-state index in [1.165, 1.54) is 0 Å². The monoisotopic (exact) mass is 282 g/mol. The van der Waals surface area contributed by atoms with Gasteiger partial charge in [-0.05, 0) is 30.7 Å². The Morgan fingerprint density at radius 1 is 1.21 bits per heavy atom. The van der Waals surface area contributed by atoms with E-state index in [2.05, 4.69) is 24.5 Å². The molecular weight excluding hydrogens is 260 g/mol. The minimum Gasteiger partial charge on any atom is -0.349 e. The average Bonchev–Trinajstić information content (AvgIpc) is 2.37. The third-order valence-corrected chi connectivity index (χ3v) is 3.40. The number of halogens is 1. The van der Waals surface area contributed by atoms with E-state index in [4.69, 9.17) is 11.6 Å². The zero-order valence-electron chi connectivity index (χ0n) is 12.0. The highest BCUT2D eigenvalue weighted by molar-refractivity contribution is 6.30. The normalized spacial score (nSPS) is 14.2. The molecule has 1 amide bonds. The number of carbonyl (C=O) groups is 1. The molecule has 2 N–H and O–H groups in total. The molecule has 0 radical (unpaired) electrons. The van der Waals surface area contributed by atoms with Gasteiger partial charge in [0.2, 0.25) is 5.91 Å². The zero-order valence-corrected chi connectivity index (χ0v) is 12.8. The molecule has 19 heavy (non-hydrogen) atoms. The van der Waals surface area contributed by atoms with E-state index in [0.29, 0.717) is 17.5 Å². The summed E-state index contributed by atoms with van der Waals surface area (Å²) < 4.78 is 0. The number of carbonyl (C=O) groups excluding carboxylic acids is 1. The van der Waals surface area contributed by atoms with Crippen molar-refractivity contribution in [3.8, 4) is 0 Å².